The summed E-state index contributed by atoms with van der Waals surface area (Å²) in [7, 11) is 0. The van der Waals surface area contributed by atoms with Crippen molar-refractivity contribution in [3.05, 3.63) is 0 Å². The van der Waals surface area contributed by atoms with Gasteiger partial charge in [-0.15, -0.1) is 0 Å². The summed E-state index contributed by atoms with van der Waals surface area (Å²) in [4.78, 5) is 2.82. The van der Waals surface area contributed by atoms with E-state index in [1.807, 2.05) is 0 Å². The molecule has 2 saturated heterocycles. The number of rotatable bonds is 3. The summed E-state index contributed by atoms with van der Waals surface area (Å²) in [6.07, 6.45) is 8.70. The molecule has 0 aromatic heterocycles. The summed E-state index contributed by atoms with van der Waals surface area (Å²) in [5.74, 6) is 4.61. The van der Waals surface area contributed by atoms with E-state index in [2.05, 4.69) is 16.7 Å². The van der Waals surface area contributed by atoms with Crippen LogP contribution >= 0.6 is 11.8 Å². The Morgan fingerprint density at radius 3 is 2.82 bits per heavy atom. The van der Waals surface area contributed by atoms with E-state index in [-0.39, 0.29) is 0 Å². The highest BCUT2D eigenvalue weighted by Gasteiger charge is 2.41. The van der Waals surface area contributed by atoms with Crippen LogP contribution in [0.1, 0.15) is 38.5 Å². The molecule has 3 heteroatoms. The maximum absolute atomic E-state index is 6.10. The van der Waals surface area contributed by atoms with Crippen molar-refractivity contribution >= 4 is 11.8 Å². The van der Waals surface area contributed by atoms with Crippen LogP contribution in [0.4, 0.5) is 0 Å². The summed E-state index contributed by atoms with van der Waals surface area (Å²) < 4.78 is 0. The zero-order valence-corrected chi connectivity index (χ0v) is 11.6. The Balaban J connectivity index is 1.68. The lowest BCUT2D eigenvalue weighted by atomic mass is 9.84. The monoisotopic (exact) mass is 254 g/mol. The molecule has 0 amide bonds. The number of nitrogens with zero attached hydrogens (tertiary/aromatic N) is 1. The highest BCUT2D eigenvalue weighted by molar-refractivity contribution is 7.99. The molecule has 1 aliphatic carbocycles. The normalized spacial score (nSPS) is 40.4. The topological polar surface area (TPSA) is 29.3 Å². The molecule has 3 aliphatic rings. The van der Waals surface area contributed by atoms with Crippen molar-refractivity contribution < 1.29 is 0 Å². The molecule has 0 spiro atoms. The molecule has 0 radical (unpaired) electrons. The molecule has 0 aromatic carbocycles. The Hall–Kier alpha value is 0.270. The molecule has 3 rings (SSSR count). The van der Waals surface area contributed by atoms with Crippen molar-refractivity contribution in [3.8, 4) is 0 Å². The molecule has 2 aliphatic heterocycles. The van der Waals surface area contributed by atoms with Gasteiger partial charge in [-0.2, -0.15) is 11.8 Å². The second kappa shape index (κ2) is 5.50. The zero-order chi connectivity index (χ0) is 11.7. The Morgan fingerprint density at radius 1 is 1.18 bits per heavy atom. The number of thioether (sulfide) groups is 1. The highest BCUT2D eigenvalue weighted by Crippen LogP contribution is 2.40. The lowest BCUT2D eigenvalue weighted by Crippen LogP contribution is -2.49. The largest absolute Gasteiger partial charge is 0.329 e. The summed E-state index contributed by atoms with van der Waals surface area (Å²) in [6, 6.07) is 1.58. The number of hydrogen-bond acceptors (Lipinski definition) is 3. The van der Waals surface area contributed by atoms with Crippen molar-refractivity contribution in [2.75, 3.05) is 24.6 Å². The van der Waals surface area contributed by atoms with Crippen LogP contribution in [-0.4, -0.2) is 41.6 Å². The number of hydrogen-bond donors (Lipinski definition) is 1. The van der Waals surface area contributed by atoms with E-state index < -0.39 is 0 Å². The fourth-order valence-corrected chi connectivity index (χ4v) is 5.64. The van der Waals surface area contributed by atoms with Crippen molar-refractivity contribution in [1.82, 2.24) is 4.90 Å². The minimum absolute atomic E-state index is 0.693. The Bertz CT molecular complexity index is 253. The smallest absolute Gasteiger partial charge is 0.0257 e. The molecule has 4 atom stereocenters. The third-order valence-electron chi connectivity index (χ3n) is 5.23. The van der Waals surface area contributed by atoms with Crippen LogP contribution in [0.25, 0.3) is 0 Å². The molecule has 1 saturated carbocycles. The van der Waals surface area contributed by atoms with Gasteiger partial charge in [0.05, 0.1) is 0 Å². The predicted octanol–water partition coefficient (Wildman–Crippen LogP) is 2.33. The first-order chi connectivity index (χ1) is 8.40. The van der Waals surface area contributed by atoms with Gasteiger partial charge >= 0.3 is 0 Å². The maximum Gasteiger partial charge on any atom is 0.0257 e. The maximum atomic E-state index is 6.10. The average Bonchev–Trinajstić information content (AvgIpc) is 3.01. The van der Waals surface area contributed by atoms with Gasteiger partial charge in [-0.3, -0.25) is 4.90 Å². The number of likely N-dealkylation sites (tertiary alicyclic amines) is 1. The van der Waals surface area contributed by atoms with E-state index in [1.54, 1.807) is 0 Å². The molecule has 0 aromatic rings. The van der Waals surface area contributed by atoms with E-state index in [9.17, 15) is 0 Å². The molecule has 2 N–H and O–H groups in total. The Kier molecular flexibility index (Phi) is 3.98. The average molecular weight is 254 g/mol. The third kappa shape index (κ3) is 2.39. The van der Waals surface area contributed by atoms with Crippen molar-refractivity contribution in [2.45, 2.75) is 50.6 Å². The Morgan fingerprint density at radius 2 is 2.06 bits per heavy atom. The summed E-state index contributed by atoms with van der Waals surface area (Å²) in [5.41, 5.74) is 6.10. The third-order valence-corrected chi connectivity index (χ3v) is 6.42. The van der Waals surface area contributed by atoms with Gasteiger partial charge in [-0.25, -0.2) is 0 Å². The first-order valence-electron chi connectivity index (χ1n) is 7.43. The highest BCUT2D eigenvalue weighted by atomic mass is 32.2. The van der Waals surface area contributed by atoms with E-state index in [1.165, 1.54) is 56.6 Å². The second-order valence-corrected chi connectivity index (χ2v) is 7.21. The van der Waals surface area contributed by atoms with Gasteiger partial charge in [0.1, 0.15) is 0 Å². The van der Waals surface area contributed by atoms with E-state index in [4.69, 9.17) is 5.73 Å². The molecule has 4 unspecified atom stereocenters. The quantitative estimate of drug-likeness (QED) is 0.838. The summed E-state index contributed by atoms with van der Waals surface area (Å²) in [5, 5.41) is 0. The fourth-order valence-electron chi connectivity index (χ4n) is 4.31. The van der Waals surface area contributed by atoms with Gasteiger partial charge in [0, 0.05) is 18.6 Å². The minimum Gasteiger partial charge on any atom is -0.329 e. The van der Waals surface area contributed by atoms with Crippen LogP contribution in [0, 0.1) is 11.8 Å². The fraction of sp³-hybridized carbons (Fsp3) is 1.00. The molecule has 2 nitrogen and oxygen atoms in total. The van der Waals surface area contributed by atoms with E-state index in [0.717, 1.165) is 24.4 Å². The number of fused-ring (bicyclic) bond motifs is 1. The zero-order valence-electron chi connectivity index (χ0n) is 10.8. The first kappa shape index (κ1) is 12.3. The standard InChI is InChI=1S/C14H26N2S/c15-9-14(12-6-8-17-10-12)16-7-5-11-3-1-2-4-13(11)16/h11-14H,1-10,15H2. The SMILES string of the molecule is NCC(C1CCSC1)N1CCC2CCCCC21. The molecular formula is C14H26N2S. The first-order valence-corrected chi connectivity index (χ1v) is 8.59. The van der Waals surface area contributed by atoms with Crippen molar-refractivity contribution in [2.24, 2.45) is 17.6 Å². The lowest BCUT2D eigenvalue weighted by molar-refractivity contribution is 0.105. The van der Waals surface area contributed by atoms with Gasteiger partial charge in [0.2, 0.25) is 0 Å². The summed E-state index contributed by atoms with van der Waals surface area (Å²) in [6.45, 7) is 2.22. The van der Waals surface area contributed by atoms with Crippen LogP contribution in [-0.2, 0) is 0 Å². The second-order valence-electron chi connectivity index (χ2n) is 6.07. The lowest BCUT2D eigenvalue weighted by Gasteiger charge is -2.39. The molecule has 98 valence electrons. The molecule has 3 fully saturated rings. The minimum atomic E-state index is 0.693. The predicted molar refractivity (Wildman–Crippen MR) is 75.3 cm³/mol. The van der Waals surface area contributed by atoms with Gasteiger partial charge in [-0.05, 0) is 55.6 Å². The van der Waals surface area contributed by atoms with Crippen LogP contribution in [0.5, 0.6) is 0 Å². The van der Waals surface area contributed by atoms with Gasteiger partial charge < -0.3 is 5.73 Å². The van der Waals surface area contributed by atoms with Crippen molar-refractivity contribution in [3.63, 3.8) is 0 Å². The molecule has 2 heterocycles. The van der Waals surface area contributed by atoms with Gasteiger partial charge in [0.25, 0.3) is 0 Å². The van der Waals surface area contributed by atoms with Crippen molar-refractivity contribution in [1.29, 1.82) is 0 Å². The van der Waals surface area contributed by atoms with Crippen LogP contribution < -0.4 is 5.73 Å². The van der Waals surface area contributed by atoms with E-state index >= 15 is 0 Å². The van der Waals surface area contributed by atoms with Crippen LogP contribution in [0.2, 0.25) is 0 Å². The van der Waals surface area contributed by atoms with Gasteiger partial charge in [0.15, 0.2) is 0 Å². The molecular weight excluding hydrogens is 228 g/mol. The molecule has 0 bridgehead atoms. The number of nitrogens with two attached hydrogens (primary N) is 1. The summed E-state index contributed by atoms with van der Waals surface area (Å²) >= 11 is 2.13. The van der Waals surface area contributed by atoms with Crippen LogP contribution in [0.15, 0.2) is 0 Å². The Labute approximate surface area is 110 Å². The molecule has 17 heavy (non-hydrogen) atoms. The van der Waals surface area contributed by atoms with Crippen LogP contribution in [0.3, 0.4) is 0 Å². The van der Waals surface area contributed by atoms with Gasteiger partial charge in [-0.1, -0.05) is 12.8 Å². The van der Waals surface area contributed by atoms with E-state index in [0.29, 0.717) is 6.04 Å².